The quantitative estimate of drug-likeness (QED) is 0.711. The van der Waals surface area contributed by atoms with Crippen LogP contribution in [-0.4, -0.2) is 77.1 Å². The van der Waals surface area contributed by atoms with Gasteiger partial charge in [0.1, 0.15) is 17.7 Å². The lowest BCUT2D eigenvalue weighted by Crippen LogP contribution is -2.58. The van der Waals surface area contributed by atoms with Crippen molar-refractivity contribution in [3.05, 3.63) is 0 Å². The maximum Gasteiger partial charge on any atom is 0.408 e. The number of likely N-dealkylation sites (tertiary alicyclic amines) is 2. The maximum absolute atomic E-state index is 13.1. The summed E-state index contributed by atoms with van der Waals surface area (Å²) in [5, 5.41) is 14.8. The largest absolute Gasteiger partial charge is 0.444 e. The highest BCUT2D eigenvalue weighted by atomic mass is 16.6. The summed E-state index contributed by atoms with van der Waals surface area (Å²) in [6.45, 7) is 6.62. The first-order chi connectivity index (χ1) is 12.7. The summed E-state index contributed by atoms with van der Waals surface area (Å²) in [5.41, 5.74) is -0.687. The van der Waals surface area contributed by atoms with Crippen LogP contribution in [0.1, 0.15) is 40.0 Å². The normalized spacial score (nSPS) is 28.6. The Balaban J connectivity index is 1.72. The molecular weight excluding hydrogens is 350 g/mol. The minimum atomic E-state index is -0.860. The Labute approximate surface area is 159 Å². The molecular formula is C18H27N5O4. The number of nitrogens with zero attached hydrogens (tertiary/aromatic N) is 3. The molecule has 3 heterocycles. The average molecular weight is 377 g/mol. The van der Waals surface area contributed by atoms with Gasteiger partial charge in [0, 0.05) is 25.7 Å². The molecule has 3 aliphatic heterocycles. The Kier molecular flexibility index (Phi) is 5.29. The minimum Gasteiger partial charge on any atom is -0.444 e. The number of hydrogen-bond donors (Lipinski definition) is 2. The van der Waals surface area contributed by atoms with E-state index in [2.05, 4.69) is 16.7 Å². The first-order valence-corrected chi connectivity index (χ1v) is 9.42. The van der Waals surface area contributed by atoms with E-state index in [9.17, 15) is 19.6 Å². The van der Waals surface area contributed by atoms with Crippen molar-refractivity contribution in [3.8, 4) is 6.07 Å². The van der Waals surface area contributed by atoms with E-state index < -0.39 is 23.8 Å². The van der Waals surface area contributed by atoms with Crippen molar-refractivity contribution >= 4 is 17.9 Å². The monoisotopic (exact) mass is 377 g/mol. The van der Waals surface area contributed by atoms with Gasteiger partial charge in [-0.05, 0) is 40.0 Å². The maximum atomic E-state index is 13.1. The van der Waals surface area contributed by atoms with Gasteiger partial charge in [0.05, 0.1) is 12.1 Å². The Morgan fingerprint density at radius 1 is 1.44 bits per heavy atom. The molecule has 4 unspecified atom stereocenters. The fraction of sp³-hybridized carbons (Fsp3) is 0.778. The van der Waals surface area contributed by atoms with Crippen molar-refractivity contribution in [3.63, 3.8) is 0 Å². The number of hydrogen-bond acceptors (Lipinski definition) is 6. The molecule has 0 spiro atoms. The third-order valence-electron chi connectivity index (χ3n) is 5.14. The van der Waals surface area contributed by atoms with Crippen LogP contribution in [0.2, 0.25) is 0 Å². The fourth-order valence-corrected chi connectivity index (χ4v) is 4.01. The lowest BCUT2D eigenvalue weighted by molar-refractivity contribution is -0.135. The first-order valence-electron chi connectivity index (χ1n) is 9.42. The number of fused-ring (bicyclic) bond motifs is 2. The van der Waals surface area contributed by atoms with Gasteiger partial charge in [-0.25, -0.2) is 4.79 Å². The van der Waals surface area contributed by atoms with Gasteiger partial charge in [-0.1, -0.05) is 0 Å². The molecule has 27 heavy (non-hydrogen) atoms. The number of alkyl carbamates (subject to hydrolysis) is 1. The van der Waals surface area contributed by atoms with Gasteiger partial charge in [-0.15, -0.1) is 0 Å². The Hall–Kier alpha value is -2.34. The van der Waals surface area contributed by atoms with Crippen molar-refractivity contribution < 1.29 is 19.1 Å². The highest BCUT2D eigenvalue weighted by Crippen LogP contribution is 2.25. The van der Waals surface area contributed by atoms with Crippen molar-refractivity contribution in [2.45, 2.75) is 69.8 Å². The number of rotatable bonds is 4. The van der Waals surface area contributed by atoms with Gasteiger partial charge >= 0.3 is 6.09 Å². The number of nitriles is 1. The molecule has 3 rings (SSSR count). The van der Waals surface area contributed by atoms with E-state index in [1.807, 2.05) is 4.90 Å². The molecule has 0 aromatic carbocycles. The zero-order valence-electron chi connectivity index (χ0n) is 16.0. The third-order valence-corrected chi connectivity index (χ3v) is 5.14. The van der Waals surface area contributed by atoms with Crippen molar-refractivity contribution in [1.29, 1.82) is 5.26 Å². The van der Waals surface area contributed by atoms with Gasteiger partial charge in [-0.2, -0.15) is 5.26 Å². The van der Waals surface area contributed by atoms with E-state index in [1.54, 1.807) is 20.8 Å². The molecule has 0 aliphatic carbocycles. The van der Waals surface area contributed by atoms with Crippen LogP contribution in [0.4, 0.5) is 4.79 Å². The molecule has 0 aromatic heterocycles. The number of piperazine rings is 1. The molecule has 3 aliphatic rings. The second kappa shape index (κ2) is 7.35. The van der Waals surface area contributed by atoms with Crippen LogP contribution in [0, 0.1) is 11.3 Å². The van der Waals surface area contributed by atoms with E-state index in [-0.39, 0.29) is 30.4 Å². The number of carbonyl (C=O) groups excluding carboxylic acids is 3. The highest BCUT2D eigenvalue weighted by molar-refractivity contribution is 5.88. The zero-order chi connectivity index (χ0) is 19.8. The van der Waals surface area contributed by atoms with Crippen LogP contribution in [0.5, 0.6) is 0 Å². The first kappa shape index (κ1) is 19.4. The summed E-state index contributed by atoms with van der Waals surface area (Å²) in [5.74, 6) is -0.334. The summed E-state index contributed by atoms with van der Waals surface area (Å²) >= 11 is 0. The van der Waals surface area contributed by atoms with E-state index in [1.165, 1.54) is 4.90 Å². The fourth-order valence-electron chi connectivity index (χ4n) is 4.01. The van der Waals surface area contributed by atoms with Crippen LogP contribution < -0.4 is 10.6 Å². The van der Waals surface area contributed by atoms with Crippen LogP contribution in [0.25, 0.3) is 0 Å². The van der Waals surface area contributed by atoms with Crippen LogP contribution in [0.15, 0.2) is 0 Å². The molecule has 2 N–H and O–H groups in total. The molecule has 2 bridgehead atoms. The van der Waals surface area contributed by atoms with Gasteiger partial charge in [-0.3, -0.25) is 14.5 Å². The summed E-state index contributed by atoms with van der Waals surface area (Å²) in [4.78, 5) is 40.8. The molecule has 3 fully saturated rings. The van der Waals surface area contributed by atoms with Crippen molar-refractivity contribution in [1.82, 2.24) is 20.4 Å². The van der Waals surface area contributed by atoms with Gasteiger partial charge in [0.2, 0.25) is 11.8 Å². The van der Waals surface area contributed by atoms with Crippen molar-refractivity contribution in [2.75, 3.05) is 19.6 Å². The number of ether oxygens (including phenoxy) is 1. The highest BCUT2D eigenvalue weighted by Gasteiger charge is 2.46. The number of carbonyl (C=O) groups is 3. The lowest BCUT2D eigenvalue weighted by atomic mass is 10.1. The Morgan fingerprint density at radius 2 is 2.19 bits per heavy atom. The summed E-state index contributed by atoms with van der Waals surface area (Å²) in [6, 6.07) is 0.647. The molecule has 3 saturated heterocycles. The molecule has 0 radical (unpaired) electrons. The van der Waals surface area contributed by atoms with E-state index in [0.29, 0.717) is 19.5 Å². The summed E-state index contributed by atoms with van der Waals surface area (Å²) in [7, 11) is 0. The Bertz CT molecular complexity index is 668. The average Bonchev–Trinajstić information content (AvgIpc) is 3.25. The van der Waals surface area contributed by atoms with Gasteiger partial charge in [0.25, 0.3) is 0 Å². The van der Waals surface area contributed by atoms with Crippen molar-refractivity contribution in [2.24, 2.45) is 0 Å². The van der Waals surface area contributed by atoms with Gasteiger partial charge in [0.15, 0.2) is 0 Å². The Morgan fingerprint density at radius 3 is 2.78 bits per heavy atom. The van der Waals surface area contributed by atoms with Crippen LogP contribution in [0.3, 0.4) is 0 Å². The SMILES string of the molecule is CC(C)(C)OC(=O)NC(CN1CC2CC1C(=O)N2)C(=O)N1CCCC1C#N. The smallest absolute Gasteiger partial charge is 0.408 e. The van der Waals surface area contributed by atoms with Crippen LogP contribution >= 0.6 is 0 Å². The predicted octanol–water partition coefficient (Wildman–Crippen LogP) is -0.0330. The molecule has 3 amide bonds. The van der Waals surface area contributed by atoms with E-state index in [4.69, 9.17) is 4.74 Å². The third kappa shape index (κ3) is 4.33. The second-order valence-corrected chi connectivity index (χ2v) is 8.43. The van der Waals surface area contributed by atoms with E-state index >= 15 is 0 Å². The molecule has 9 nitrogen and oxygen atoms in total. The topological polar surface area (TPSA) is 115 Å². The summed E-state index contributed by atoms with van der Waals surface area (Å²) < 4.78 is 5.30. The molecule has 0 aromatic rings. The molecule has 0 saturated carbocycles. The molecule has 148 valence electrons. The van der Waals surface area contributed by atoms with Gasteiger partial charge < -0.3 is 20.3 Å². The standard InChI is InChI=1S/C18H27N5O4/c1-18(2,3)27-17(26)21-13(16(25)23-6-4-5-12(23)8-19)10-22-9-11-7-14(22)15(24)20-11/h11-14H,4-7,9-10H2,1-3H3,(H,20,24)(H,21,26). The number of nitrogens with one attached hydrogen (secondary N) is 2. The number of amides is 3. The lowest BCUT2D eigenvalue weighted by Gasteiger charge is -2.33. The second-order valence-electron chi connectivity index (χ2n) is 8.43. The molecule has 4 atom stereocenters. The predicted molar refractivity (Wildman–Crippen MR) is 95.4 cm³/mol. The molecule has 9 heteroatoms. The minimum absolute atomic E-state index is 0.0363. The zero-order valence-corrected chi connectivity index (χ0v) is 16.0. The van der Waals surface area contributed by atoms with Crippen LogP contribution in [-0.2, 0) is 14.3 Å². The summed E-state index contributed by atoms with van der Waals surface area (Å²) in [6.07, 6.45) is 1.44. The van der Waals surface area contributed by atoms with E-state index in [0.717, 1.165) is 12.8 Å².